The molecule has 3 amide bonds. The first-order valence-electron chi connectivity index (χ1n) is 14.3. The van der Waals surface area contributed by atoms with Crippen LogP contribution in [0.1, 0.15) is 68.7 Å². The van der Waals surface area contributed by atoms with Crippen LogP contribution < -0.4 is 16.0 Å². The zero-order chi connectivity index (χ0) is 30.7. The van der Waals surface area contributed by atoms with E-state index in [9.17, 15) is 14.4 Å². The van der Waals surface area contributed by atoms with Crippen molar-refractivity contribution in [1.82, 2.24) is 10.2 Å². The molecule has 0 aliphatic carbocycles. The van der Waals surface area contributed by atoms with E-state index in [0.717, 1.165) is 66.5 Å². The highest BCUT2D eigenvalue weighted by Gasteiger charge is 2.36. The van der Waals surface area contributed by atoms with Gasteiger partial charge in [0.15, 0.2) is 0 Å². The molecule has 0 radical (unpaired) electrons. The summed E-state index contributed by atoms with van der Waals surface area (Å²) < 4.78 is 5.41. The number of amides is 3. The molecule has 0 bridgehead atoms. The van der Waals surface area contributed by atoms with Gasteiger partial charge in [0.1, 0.15) is 11.6 Å². The number of hydrogen-bond donors (Lipinski definition) is 4. The van der Waals surface area contributed by atoms with Crippen molar-refractivity contribution >= 4 is 41.7 Å². The van der Waals surface area contributed by atoms with Crippen LogP contribution in [0.25, 0.3) is 0 Å². The predicted octanol–water partition coefficient (Wildman–Crippen LogP) is 5.67. The van der Waals surface area contributed by atoms with Crippen LogP contribution in [-0.4, -0.2) is 65.8 Å². The number of aliphatic hydroxyl groups is 1. The number of nitrogens with one attached hydrogen (secondary N) is 3. The Kier molecular flexibility index (Phi) is 15.0. The molecule has 2 heterocycles. The van der Waals surface area contributed by atoms with Crippen LogP contribution in [0, 0.1) is 27.7 Å². The Morgan fingerprint density at radius 3 is 1.74 bits per heavy atom. The first kappa shape index (κ1) is 36.9. The second-order valence-corrected chi connectivity index (χ2v) is 11.5. The number of likely N-dealkylation sites (tertiary alicyclic amines) is 1. The number of carbonyl (C=O) groups excluding carboxylic acids is 3. The number of anilines is 2. The van der Waals surface area contributed by atoms with Crippen molar-refractivity contribution < 1.29 is 24.2 Å². The monoisotopic (exact) mass is 604 g/mol. The van der Waals surface area contributed by atoms with Gasteiger partial charge in [-0.1, -0.05) is 36.4 Å². The SMILES string of the molecule is CO.Cc1cccc(C)c1NC(=O)C1CCCN1.Cc1cccc(C)c1NC(=O)C1CCCN1C(=O)OC(C)(C)C.Cl. The number of benzene rings is 2. The Morgan fingerprint density at radius 2 is 1.31 bits per heavy atom. The zero-order valence-corrected chi connectivity index (χ0v) is 27.1. The Morgan fingerprint density at radius 1 is 0.833 bits per heavy atom. The molecule has 234 valence electrons. The number of aliphatic hydroxyl groups excluding tert-OH is 1. The van der Waals surface area contributed by atoms with E-state index < -0.39 is 17.7 Å². The summed E-state index contributed by atoms with van der Waals surface area (Å²) in [6.45, 7) is 14.9. The Bertz CT molecular complexity index is 1150. The van der Waals surface area contributed by atoms with Crippen molar-refractivity contribution in [3.05, 3.63) is 58.7 Å². The lowest BCUT2D eigenvalue weighted by atomic mass is 10.1. The zero-order valence-electron chi connectivity index (χ0n) is 26.3. The minimum absolute atomic E-state index is 0. The van der Waals surface area contributed by atoms with Crippen molar-refractivity contribution in [2.45, 2.75) is 91.8 Å². The third-order valence-electron chi connectivity index (χ3n) is 7.02. The molecule has 4 rings (SSSR count). The van der Waals surface area contributed by atoms with Gasteiger partial charge in [-0.05, 0) is 103 Å². The summed E-state index contributed by atoms with van der Waals surface area (Å²) in [4.78, 5) is 38.4. The third-order valence-corrected chi connectivity index (χ3v) is 7.02. The third kappa shape index (κ3) is 10.6. The maximum atomic E-state index is 12.6. The highest BCUT2D eigenvalue weighted by molar-refractivity contribution is 5.98. The van der Waals surface area contributed by atoms with Crippen molar-refractivity contribution in [1.29, 1.82) is 0 Å². The van der Waals surface area contributed by atoms with Crippen LogP contribution in [-0.2, 0) is 14.3 Å². The lowest BCUT2D eigenvalue weighted by Crippen LogP contribution is -2.45. The summed E-state index contributed by atoms with van der Waals surface area (Å²) in [6.07, 6.45) is 3.08. The van der Waals surface area contributed by atoms with Crippen LogP contribution in [0.15, 0.2) is 36.4 Å². The normalized spacial score (nSPS) is 17.5. The van der Waals surface area contributed by atoms with Gasteiger partial charge in [-0.3, -0.25) is 14.5 Å². The highest BCUT2D eigenvalue weighted by Crippen LogP contribution is 2.25. The van der Waals surface area contributed by atoms with E-state index in [1.807, 2.05) is 84.9 Å². The quantitative estimate of drug-likeness (QED) is 0.357. The molecule has 2 unspecified atom stereocenters. The smallest absolute Gasteiger partial charge is 0.410 e. The van der Waals surface area contributed by atoms with E-state index in [1.165, 1.54) is 4.90 Å². The summed E-state index contributed by atoms with van der Waals surface area (Å²) in [5, 5.41) is 16.2. The molecule has 2 saturated heterocycles. The number of nitrogens with zero attached hydrogens (tertiary/aromatic N) is 1. The van der Waals surface area contributed by atoms with Crippen molar-refractivity contribution in [3.8, 4) is 0 Å². The maximum Gasteiger partial charge on any atom is 0.410 e. The summed E-state index contributed by atoms with van der Waals surface area (Å²) in [6, 6.07) is 11.4. The number of rotatable bonds is 4. The van der Waals surface area contributed by atoms with Gasteiger partial charge in [0.2, 0.25) is 11.8 Å². The molecule has 4 N–H and O–H groups in total. The second-order valence-electron chi connectivity index (χ2n) is 11.5. The van der Waals surface area contributed by atoms with Crippen LogP contribution in [0.3, 0.4) is 0 Å². The topological polar surface area (TPSA) is 120 Å². The highest BCUT2D eigenvalue weighted by atomic mass is 35.5. The average molecular weight is 605 g/mol. The molecule has 2 fully saturated rings. The van der Waals surface area contributed by atoms with Gasteiger partial charge >= 0.3 is 6.09 Å². The fraction of sp³-hybridized carbons (Fsp3) is 0.531. The van der Waals surface area contributed by atoms with Crippen LogP contribution in [0.2, 0.25) is 0 Å². The van der Waals surface area contributed by atoms with E-state index in [1.54, 1.807) is 0 Å². The second kappa shape index (κ2) is 17.1. The fourth-order valence-electron chi connectivity index (χ4n) is 4.93. The summed E-state index contributed by atoms with van der Waals surface area (Å²) in [5.41, 5.74) is 5.49. The number of carbonyl (C=O) groups is 3. The molecule has 2 aliphatic rings. The molecule has 42 heavy (non-hydrogen) atoms. The predicted molar refractivity (Wildman–Crippen MR) is 171 cm³/mol. The largest absolute Gasteiger partial charge is 0.444 e. The van der Waals surface area contributed by atoms with E-state index in [0.29, 0.717) is 13.0 Å². The Labute approximate surface area is 257 Å². The van der Waals surface area contributed by atoms with E-state index in [2.05, 4.69) is 16.0 Å². The van der Waals surface area contributed by atoms with E-state index in [-0.39, 0.29) is 30.3 Å². The van der Waals surface area contributed by atoms with Gasteiger partial charge < -0.3 is 25.8 Å². The Hall–Kier alpha value is -3.14. The first-order chi connectivity index (χ1) is 19.4. The van der Waals surface area contributed by atoms with Gasteiger partial charge in [-0.25, -0.2) is 4.79 Å². The Balaban J connectivity index is 0.000000408. The standard InChI is InChI=1S/C18H26N2O3.C13H18N2O.CH4O.ClH/c1-12-8-6-9-13(2)15(12)19-16(21)14-10-7-11-20(14)17(22)23-18(3,4)5;1-9-5-3-6-10(2)12(9)15-13(16)11-7-4-8-14-11;1-2;/h6,8-9,14H,7,10-11H2,1-5H3,(H,19,21);3,5-6,11,14H,4,7-8H2,1-2H3,(H,15,16);2H,1H3;1H. The van der Waals surface area contributed by atoms with E-state index in [4.69, 9.17) is 9.84 Å². The van der Waals surface area contributed by atoms with Gasteiger partial charge in [0.25, 0.3) is 0 Å². The minimum Gasteiger partial charge on any atom is -0.444 e. The summed E-state index contributed by atoms with van der Waals surface area (Å²) in [5.74, 6) is -0.0549. The molecular formula is C32H49ClN4O5. The molecule has 2 aromatic rings. The first-order valence-corrected chi connectivity index (χ1v) is 14.3. The van der Waals surface area contributed by atoms with Gasteiger partial charge in [-0.2, -0.15) is 0 Å². The molecule has 2 aromatic carbocycles. The molecule has 2 aliphatic heterocycles. The maximum absolute atomic E-state index is 12.6. The molecule has 0 saturated carbocycles. The molecule has 9 nitrogen and oxygen atoms in total. The number of hydrogen-bond acceptors (Lipinski definition) is 6. The lowest BCUT2D eigenvalue weighted by molar-refractivity contribution is -0.120. The number of halogens is 1. The fourth-order valence-corrected chi connectivity index (χ4v) is 4.93. The average Bonchev–Trinajstić information content (AvgIpc) is 3.62. The molecule has 0 spiro atoms. The molecule has 10 heteroatoms. The molecular weight excluding hydrogens is 556 g/mol. The molecule has 2 atom stereocenters. The van der Waals surface area contributed by atoms with E-state index >= 15 is 0 Å². The van der Waals surface area contributed by atoms with Crippen molar-refractivity contribution in [2.24, 2.45) is 0 Å². The number of para-hydroxylation sites is 2. The summed E-state index contributed by atoms with van der Waals surface area (Å²) >= 11 is 0. The van der Waals surface area contributed by atoms with Gasteiger partial charge in [-0.15, -0.1) is 12.4 Å². The van der Waals surface area contributed by atoms with Gasteiger partial charge in [0.05, 0.1) is 6.04 Å². The number of ether oxygens (including phenoxy) is 1. The minimum atomic E-state index is -0.562. The van der Waals surface area contributed by atoms with Crippen LogP contribution in [0.4, 0.5) is 16.2 Å². The lowest BCUT2D eigenvalue weighted by Gasteiger charge is -2.28. The van der Waals surface area contributed by atoms with Crippen molar-refractivity contribution in [3.63, 3.8) is 0 Å². The number of aryl methyl sites for hydroxylation is 4. The summed E-state index contributed by atoms with van der Waals surface area (Å²) in [7, 11) is 1.00. The van der Waals surface area contributed by atoms with Crippen LogP contribution in [0.5, 0.6) is 0 Å². The molecule has 0 aromatic heterocycles. The van der Waals surface area contributed by atoms with Crippen LogP contribution >= 0.6 is 12.4 Å². The van der Waals surface area contributed by atoms with Crippen molar-refractivity contribution in [2.75, 3.05) is 30.8 Å². The van der Waals surface area contributed by atoms with Gasteiger partial charge in [0, 0.05) is 25.0 Å².